The van der Waals surface area contributed by atoms with E-state index < -0.39 is 0 Å². The Balaban J connectivity index is 2.48. The van der Waals surface area contributed by atoms with Gasteiger partial charge in [0.1, 0.15) is 11.5 Å². The molecule has 0 amide bonds. The second-order valence-corrected chi connectivity index (χ2v) is 6.58. The van der Waals surface area contributed by atoms with Crippen LogP contribution < -0.4 is 14.8 Å². The molecule has 0 aliphatic rings. The van der Waals surface area contributed by atoms with Crippen molar-refractivity contribution in [3.05, 3.63) is 44.1 Å². The van der Waals surface area contributed by atoms with Crippen molar-refractivity contribution in [2.45, 2.75) is 13.0 Å². The van der Waals surface area contributed by atoms with Crippen LogP contribution in [0.4, 0.5) is 0 Å². The predicted molar refractivity (Wildman–Crippen MR) is 87.2 cm³/mol. The van der Waals surface area contributed by atoms with Crippen molar-refractivity contribution in [3.63, 3.8) is 0 Å². The Labute approximate surface area is 132 Å². The Morgan fingerprint density at radius 2 is 1.70 bits per heavy atom. The molecule has 0 bridgehead atoms. The summed E-state index contributed by atoms with van der Waals surface area (Å²) in [5.74, 6) is 1.59. The summed E-state index contributed by atoms with van der Waals surface area (Å²) in [5.41, 5.74) is 1.12. The third-order valence-electron chi connectivity index (χ3n) is 3.09. The van der Waals surface area contributed by atoms with Gasteiger partial charge in [-0.1, -0.05) is 0 Å². The SMILES string of the molecule is CNC(c1cc(OC)cc(OC)c1)c1sc(C)cc1Br. The molecule has 0 saturated carbocycles. The Morgan fingerprint density at radius 1 is 1.10 bits per heavy atom. The highest BCUT2D eigenvalue weighted by atomic mass is 79.9. The first kappa shape index (κ1) is 15.4. The molecule has 0 aliphatic carbocycles. The first-order valence-corrected chi connectivity index (χ1v) is 7.86. The Kier molecular flexibility index (Phi) is 5.07. The number of halogens is 1. The summed E-state index contributed by atoms with van der Waals surface area (Å²) in [6.45, 7) is 2.11. The van der Waals surface area contributed by atoms with E-state index in [4.69, 9.17) is 9.47 Å². The van der Waals surface area contributed by atoms with Gasteiger partial charge in [0.15, 0.2) is 0 Å². The van der Waals surface area contributed by atoms with Gasteiger partial charge in [-0.05, 0) is 53.7 Å². The molecule has 2 aromatic rings. The second-order valence-electron chi connectivity index (χ2n) is 4.44. The van der Waals surface area contributed by atoms with Crippen molar-refractivity contribution in [1.82, 2.24) is 5.32 Å². The molecule has 1 heterocycles. The van der Waals surface area contributed by atoms with E-state index in [2.05, 4.69) is 34.2 Å². The fraction of sp³-hybridized carbons (Fsp3) is 0.333. The van der Waals surface area contributed by atoms with E-state index >= 15 is 0 Å². The molecule has 2 rings (SSSR count). The molecule has 1 aromatic heterocycles. The minimum atomic E-state index is 0.104. The van der Waals surface area contributed by atoms with E-state index in [0.717, 1.165) is 21.5 Å². The van der Waals surface area contributed by atoms with E-state index in [9.17, 15) is 0 Å². The van der Waals surface area contributed by atoms with Crippen LogP contribution in [0.1, 0.15) is 21.4 Å². The van der Waals surface area contributed by atoms with Crippen LogP contribution in [0.25, 0.3) is 0 Å². The van der Waals surface area contributed by atoms with Crippen LogP contribution in [-0.2, 0) is 0 Å². The van der Waals surface area contributed by atoms with Crippen LogP contribution in [0.15, 0.2) is 28.7 Å². The van der Waals surface area contributed by atoms with Gasteiger partial charge in [-0.15, -0.1) is 11.3 Å². The highest BCUT2D eigenvalue weighted by Gasteiger charge is 2.19. The van der Waals surface area contributed by atoms with Crippen LogP contribution >= 0.6 is 27.3 Å². The van der Waals surface area contributed by atoms with Gasteiger partial charge in [-0.3, -0.25) is 0 Å². The molecule has 0 spiro atoms. The molecular weight excluding hydrogens is 338 g/mol. The summed E-state index contributed by atoms with van der Waals surface area (Å²) in [6, 6.07) is 8.19. The van der Waals surface area contributed by atoms with Crippen LogP contribution in [0, 0.1) is 6.92 Å². The number of thiophene rings is 1. The molecule has 1 N–H and O–H groups in total. The average Bonchev–Trinajstić information content (AvgIpc) is 2.78. The molecule has 1 atom stereocenters. The molecule has 108 valence electrons. The number of ether oxygens (including phenoxy) is 2. The van der Waals surface area contributed by atoms with Crippen molar-refractivity contribution in [2.24, 2.45) is 0 Å². The van der Waals surface area contributed by atoms with Gasteiger partial charge in [-0.25, -0.2) is 0 Å². The van der Waals surface area contributed by atoms with Gasteiger partial charge in [-0.2, -0.15) is 0 Å². The average molecular weight is 356 g/mol. The number of benzene rings is 1. The zero-order valence-electron chi connectivity index (χ0n) is 12.0. The summed E-state index contributed by atoms with van der Waals surface area (Å²) in [5, 5.41) is 3.36. The largest absolute Gasteiger partial charge is 0.497 e. The van der Waals surface area contributed by atoms with E-state index in [1.54, 1.807) is 25.6 Å². The zero-order chi connectivity index (χ0) is 14.7. The maximum atomic E-state index is 5.35. The Bertz CT molecular complexity index is 575. The number of hydrogen-bond donors (Lipinski definition) is 1. The van der Waals surface area contributed by atoms with Crippen LogP contribution in [-0.4, -0.2) is 21.3 Å². The van der Waals surface area contributed by atoms with E-state index in [0.29, 0.717) is 0 Å². The molecule has 20 heavy (non-hydrogen) atoms. The monoisotopic (exact) mass is 355 g/mol. The lowest BCUT2D eigenvalue weighted by molar-refractivity contribution is 0.392. The number of aryl methyl sites for hydroxylation is 1. The van der Waals surface area contributed by atoms with Gasteiger partial charge in [0.25, 0.3) is 0 Å². The molecular formula is C15H18BrNO2S. The molecule has 1 aromatic carbocycles. The molecule has 0 aliphatic heterocycles. The van der Waals surface area contributed by atoms with Crippen LogP contribution in [0.2, 0.25) is 0 Å². The van der Waals surface area contributed by atoms with Crippen LogP contribution in [0.3, 0.4) is 0 Å². The normalized spacial score (nSPS) is 12.2. The standard InChI is InChI=1S/C15H18BrNO2S/c1-9-5-13(16)15(20-9)14(17-2)10-6-11(18-3)8-12(7-10)19-4/h5-8,14,17H,1-4H3. The molecule has 5 heteroatoms. The molecule has 0 radical (unpaired) electrons. The Hall–Kier alpha value is -1.04. The summed E-state index contributed by atoms with van der Waals surface area (Å²) >= 11 is 5.41. The third kappa shape index (κ3) is 3.16. The Morgan fingerprint density at radius 3 is 2.10 bits per heavy atom. The molecule has 0 saturated heterocycles. The molecule has 0 fully saturated rings. The summed E-state index contributed by atoms with van der Waals surface area (Å²) in [7, 11) is 5.29. The van der Waals surface area contributed by atoms with Crippen molar-refractivity contribution >= 4 is 27.3 Å². The maximum absolute atomic E-state index is 5.35. The van der Waals surface area contributed by atoms with Gasteiger partial charge in [0, 0.05) is 20.3 Å². The smallest absolute Gasteiger partial charge is 0.122 e. The molecule has 1 unspecified atom stereocenters. The van der Waals surface area contributed by atoms with E-state index in [-0.39, 0.29) is 6.04 Å². The van der Waals surface area contributed by atoms with E-state index in [1.165, 1.54) is 9.75 Å². The van der Waals surface area contributed by atoms with Gasteiger partial charge >= 0.3 is 0 Å². The third-order valence-corrected chi connectivity index (χ3v) is 5.13. The van der Waals surface area contributed by atoms with Crippen molar-refractivity contribution in [2.75, 3.05) is 21.3 Å². The fourth-order valence-corrected chi connectivity index (χ4v) is 4.16. The lowest BCUT2D eigenvalue weighted by Gasteiger charge is -2.18. The van der Waals surface area contributed by atoms with Crippen molar-refractivity contribution in [3.8, 4) is 11.5 Å². The van der Waals surface area contributed by atoms with Gasteiger partial charge < -0.3 is 14.8 Å². The first-order valence-electron chi connectivity index (χ1n) is 6.25. The zero-order valence-corrected chi connectivity index (χ0v) is 14.4. The maximum Gasteiger partial charge on any atom is 0.122 e. The highest BCUT2D eigenvalue weighted by molar-refractivity contribution is 9.10. The van der Waals surface area contributed by atoms with Crippen LogP contribution in [0.5, 0.6) is 11.5 Å². The highest BCUT2D eigenvalue weighted by Crippen LogP contribution is 2.37. The molecule has 3 nitrogen and oxygen atoms in total. The second kappa shape index (κ2) is 6.61. The van der Waals surface area contributed by atoms with E-state index in [1.807, 2.05) is 25.2 Å². The number of rotatable bonds is 5. The minimum Gasteiger partial charge on any atom is -0.497 e. The quantitative estimate of drug-likeness (QED) is 0.873. The van der Waals surface area contributed by atoms with Gasteiger partial charge in [0.05, 0.1) is 20.3 Å². The number of methoxy groups -OCH3 is 2. The summed E-state index contributed by atoms with van der Waals surface area (Å²) in [6.07, 6.45) is 0. The fourth-order valence-electron chi connectivity index (χ4n) is 2.14. The predicted octanol–water partition coefficient (Wildman–Crippen LogP) is 4.15. The number of nitrogens with one attached hydrogen (secondary N) is 1. The minimum absolute atomic E-state index is 0.104. The topological polar surface area (TPSA) is 30.5 Å². The van der Waals surface area contributed by atoms with Crippen molar-refractivity contribution < 1.29 is 9.47 Å². The van der Waals surface area contributed by atoms with Crippen molar-refractivity contribution in [1.29, 1.82) is 0 Å². The summed E-state index contributed by atoms with van der Waals surface area (Å²) < 4.78 is 11.8. The number of hydrogen-bond acceptors (Lipinski definition) is 4. The lowest BCUT2D eigenvalue weighted by atomic mass is 10.0. The lowest BCUT2D eigenvalue weighted by Crippen LogP contribution is -2.17. The first-order chi connectivity index (χ1) is 9.58. The summed E-state index contributed by atoms with van der Waals surface area (Å²) in [4.78, 5) is 2.53. The van der Waals surface area contributed by atoms with Gasteiger partial charge in [0.2, 0.25) is 0 Å².